The summed E-state index contributed by atoms with van der Waals surface area (Å²) < 4.78 is 15.5. The highest BCUT2D eigenvalue weighted by Gasteiger charge is 2.47. The van der Waals surface area contributed by atoms with Gasteiger partial charge >= 0.3 is 0 Å². The third kappa shape index (κ3) is 2.87. The molecular formula is C24H22FN5O. The van der Waals surface area contributed by atoms with Crippen molar-refractivity contribution in [3.05, 3.63) is 71.9 Å². The first-order valence-electron chi connectivity index (χ1n) is 10.7. The van der Waals surface area contributed by atoms with E-state index in [4.69, 9.17) is 4.99 Å². The molecule has 1 aliphatic carbocycles. The molecule has 0 N–H and O–H groups in total. The summed E-state index contributed by atoms with van der Waals surface area (Å²) in [6, 6.07) is 13.4. The molecule has 0 radical (unpaired) electrons. The number of carbonyl (C=O) groups is 1. The van der Waals surface area contributed by atoms with Gasteiger partial charge in [-0.15, -0.1) is 0 Å². The predicted octanol–water partition coefficient (Wildman–Crippen LogP) is 3.92. The van der Waals surface area contributed by atoms with Crippen LogP contribution in [0.15, 0.2) is 59.9 Å². The fourth-order valence-corrected chi connectivity index (χ4v) is 5.04. The van der Waals surface area contributed by atoms with Gasteiger partial charge in [0.05, 0.1) is 29.0 Å². The first kappa shape index (κ1) is 18.3. The van der Waals surface area contributed by atoms with Gasteiger partial charge < -0.3 is 9.47 Å². The molecule has 31 heavy (non-hydrogen) atoms. The van der Waals surface area contributed by atoms with E-state index in [1.165, 1.54) is 12.5 Å². The van der Waals surface area contributed by atoms with E-state index in [9.17, 15) is 9.18 Å². The van der Waals surface area contributed by atoms with Crippen LogP contribution in [-0.2, 0) is 6.54 Å². The van der Waals surface area contributed by atoms with Gasteiger partial charge in [-0.05, 0) is 37.0 Å². The lowest BCUT2D eigenvalue weighted by molar-refractivity contribution is 0.0865. The number of halogens is 1. The second-order valence-electron chi connectivity index (χ2n) is 8.50. The summed E-state index contributed by atoms with van der Waals surface area (Å²) in [5.41, 5.74) is 4.29. The zero-order valence-electron chi connectivity index (χ0n) is 17.2. The largest absolute Gasteiger partial charge is 0.347 e. The molecule has 2 aliphatic heterocycles. The maximum Gasteiger partial charge on any atom is 0.263 e. The van der Waals surface area contributed by atoms with E-state index in [0.717, 1.165) is 41.2 Å². The summed E-state index contributed by atoms with van der Waals surface area (Å²) in [5, 5.41) is 0. The van der Waals surface area contributed by atoms with Crippen molar-refractivity contribution in [2.24, 2.45) is 4.99 Å². The fourth-order valence-electron chi connectivity index (χ4n) is 5.04. The Bertz CT molecular complexity index is 1210. The number of carbonyl (C=O) groups excluding carboxylic acids is 1. The standard InChI is InChI=1S/C24H22FN5O/c1-28-23(31)17-13-29(14-21(17)30-20-6-2-5-19(20)27-24(28)30)12-15-8-10-16(11-9-15)18-4-3-7-22(25)26-18/h3-4,7-11,13-14,19-20H,2,5-6,12H2,1H3/t19-,20+/m1/s1. The molecule has 6 rings (SSSR count). The van der Waals surface area contributed by atoms with Crippen molar-refractivity contribution in [3.8, 4) is 11.3 Å². The average molecular weight is 415 g/mol. The highest BCUT2D eigenvalue weighted by Crippen LogP contribution is 2.41. The fraction of sp³-hybridized carbons (Fsp3) is 0.292. The lowest BCUT2D eigenvalue weighted by atomic mass is 10.1. The molecule has 156 valence electrons. The summed E-state index contributed by atoms with van der Waals surface area (Å²) in [7, 11) is 1.81. The maximum absolute atomic E-state index is 13.4. The van der Waals surface area contributed by atoms with Gasteiger partial charge in [0, 0.05) is 31.5 Å². The second-order valence-corrected chi connectivity index (χ2v) is 8.50. The average Bonchev–Trinajstić information content (AvgIpc) is 3.47. The van der Waals surface area contributed by atoms with Crippen molar-refractivity contribution in [1.82, 2.24) is 14.5 Å². The van der Waals surface area contributed by atoms with Crippen molar-refractivity contribution < 1.29 is 9.18 Å². The smallest absolute Gasteiger partial charge is 0.263 e. The van der Waals surface area contributed by atoms with E-state index in [-0.39, 0.29) is 5.91 Å². The number of pyridine rings is 1. The molecule has 1 fully saturated rings. The lowest BCUT2D eigenvalue weighted by Crippen LogP contribution is -2.50. The molecule has 3 aliphatic rings. The van der Waals surface area contributed by atoms with E-state index in [2.05, 4.69) is 20.6 Å². The molecule has 0 spiro atoms. The third-order valence-electron chi connectivity index (χ3n) is 6.56. The zero-order valence-corrected chi connectivity index (χ0v) is 17.2. The monoisotopic (exact) mass is 415 g/mol. The van der Waals surface area contributed by atoms with Crippen molar-refractivity contribution in [2.45, 2.75) is 37.9 Å². The number of nitrogens with zero attached hydrogens (tertiary/aromatic N) is 5. The van der Waals surface area contributed by atoms with Gasteiger partial charge in [-0.1, -0.05) is 30.3 Å². The van der Waals surface area contributed by atoms with E-state index in [1.54, 1.807) is 17.0 Å². The minimum atomic E-state index is -0.483. The van der Waals surface area contributed by atoms with Crippen LogP contribution in [0, 0.1) is 5.95 Å². The van der Waals surface area contributed by atoms with Gasteiger partial charge in [0.25, 0.3) is 5.91 Å². The summed E-state index contributed by atoms with van der Waals surface area (Å²) in [5.74, 6) is 0.302. The molecular weight excluding hydrogens is 393 g/mol. The second kappa shape index (κ2) is 6.77. The number of hydrogen-bond acceptors (Lipinski definition) is 4. The molecule has 1 saturated carbocycles. The Labute approximate surface area is 179 Å². The summed E-state index contributed by atoms with van der Waals surface area (Å²) in [6.45, 7) is 0.648. The molecule has 6 nitrogen and oxygen atoms in total. The van der Waals surface area contributed by atoms with Gasteiger partial charge in [0.2, 0.25) is 11.9 Å². The van der Waals surface area contributed by atoms with Gasteiger partial charge in [0.1, 0.15) is 0 Å². The topological polar surface area (TPSA) is 53.7 Å². The normalized spacial score (nSPS) is 21.7. The molecule has 1 aromatic carbocycles. The Hall–Kier alpha value is -3.48. The Morgan fingerprint density at radius 3 is 2.74 bits per heavy atom. The van der Waals surface area contributed by atoms with Crippen molar-refractivity contribution >= 4 is 17.6 Å². The van der Waals surface area contributed by atoms with E-state index in [1.807, 2.05) is 37.5 Å². The van der Waals surface area contributed by atoms with E-state index < -0.39 is 5.95 Å². The van der Waals surface area contributed by atoms with Gasteiger partial charge in [0.15, 0.2) is 0 Å². The summed E-state index contributed by atoms with van der Waals surface area (Å²) >= 11 is 0. The van der Waals surface area contributed by atoms with Crippen LogP contribution in [-0.4, -0.2) is 45.4 Å². The number of fused-ring (bicyclic) bond motifs is 5. The molecule has 2 atom stereocenters. The first-order chi connectivity index (χ1) is 15.1. The Kier molecular flexibility index (Phi) is 4.00. The minimum Gasteiger partial charge on any atom is -0.347 e. The SMILES string of the molecule is CN1C(=O)c2cn(Cc3ccc(-c4cccc(F)n4)cc3)cc2N2C1=N[C@@H]1CCC[C@@H]12. The van der Waals surface area contributed by atoms with E-state index in [0.29, 0.717) is 24.3 Å². The van der Waals surface area contributed by atoms with Crippen molar-refractivity contribution in [3.63, 3.8) is 0 Å². The van der Waals surface area contributed by atoms with Gasteiger partial charge in [-0.25, -0.2) is 9.98 Å². The number of aliphatic imine (C=N–C) groups is 1. The molecule has 1 amide bonds. The van der Waals surface area contributed by atoms with Crippen LogP contribution in [0.2, 0.25) is 0 Å². The zero-order chi connectivity index (χ0) is 21.1. The summed E-state index contributed by atoms with van der Waals surface area (Å²) in [4.78, 5) is 25.7. The minimum absolute atomic E-state index is 0.00347. The molecule has 0 saturated heterocycles. The van der Waals surface area contributed by atoms with E-state index >= 15 is 0 Å². The third-order valence-corrected chi connectivity index (χ3v) is 6.56. The lowest BCUT2D eigenvalue weighted by Gasteiger charge is -2.35. The summed E-state index contributed by atoms with van der Waals surface area (Å²) in [6.07, 6.45) is 7.39. The number of benzene rings is 1. The highest BCUT2D eigenvalue weighted by atomic mass is 19.1. The quantitative estimate of drug-likeness (QED) is 0.610. The molecule has 7 heteroatoms. The molecule has 0 bridgehead atoms. The van der Waals surface area contributed by atoms with Crippen LogP contribution in [0.4, 0.5) is 10.1 Å². The van der Waals surface area contributed by atoms with Gasteiger partial charge in [-0.3, -0.25) is 9.69 Å². The van der Waals surface area contributed by atoms with Crippen LogP contribution in [0.1, 0.15) is 35.2 Å². The maximum atomic E-state index is 13.4. The van der Waals surface area contributed by atoms with Crippen LogP contribution in [0.25, 0.3) is 11.3 Å². The first-order valence-corrected chi connectivity index (χ1v) is 10.7. The molecule has 0 unspecified atom stereocenters. The van der Waals surface area contributed by atoms with Crippen molar-refractivity contribution in [1.29, 1.82) is 0 Å². The molecule has 4 heterocycles. The molecule has 3 aromatic rings. The van der Waals surface area contributed by atoms with Crippen LogP contribution >= 0.6 is 0 Å². The highest BCUT2D eigenvalue weighted by molar-refractivity contribution is 6.19. The van der Waals surface area contributed by atoms with Gasteiger partial charge in [-0.2, -0.15) is 4.39 Å². The number of aromatic nitrogens is 2. The van der Waals surface area contributed by atoms with Crippen LogP contribution in [0.3, 0.4) is 0 Å². The van der Waals surface area contributed by atoms with Crippen LogP contribution in [0.5, 0.6) is 0 Å². The predicted molar refractivity (Wildman–Crippen MR) is 117 cm³/mol. The number of rotatable bonds is 3. The number of guanidine groups is 1. The Morgan fingerprint density at radius 1 is 1.10 bits per heavy atom. The number of anilines is 1. The Morgan fingerprint density at radius 2 is 1.94 bits per heavy atom. The number of hydrogen-bond donors (Lipinski definition) is 0. The Balaban J connectivity index is 1.29. The number of amides is 1. The van der Waals surface area contributed by atoms with Crippen molar-refractivity contribution in [2.75, 3.05) is 11.9 Å². The molecule has 2 aromatic heterocycles. The van der Waals surface area contributed by atoms with Crippen LogP contribution < -0.4 is 4.90 Å².